The number of nitrogens with zero attached hydrogens (tertiary/aromatic N) is 1. The van der Waals surface area contributed by atoms with Crippen molar-refractivity contribution in [3.8, 4) is 5.88 Å². The number of rotatable bonds is 3. The third-order valence-electron chi connectivity index (χ3n) is 2.97. The fraction of sp³-hybridized carbons (Fsp3) is 0.500. The predicted octanol–water partition coefficient (Wildman–Crippen LogP) is 3.10. The first kappa shape index (κ1) is 22.6. The highest BCUT2D eigenvalue weighted by Crippen LogP contribution is 2.41. The van der Waals surface area contributed by atoms with Gasteiger partial charge in [0, 0.05) is 0 Å². The number of hydrogen-bond donors (Lipinski definition) is 3. The lowest BCUT2D eigenvalue weighted by Crippen LogP contribution is -2.51. The van der Waals surface area contributed by atoms with Gasteiger partial charge >= 0.3 is 24.6 Å². The van der Waals surface area contributed by atoms with E-state index in [2.05, 4.69) is 9.72 Å². The van der Waals surface area contributed by atoms with Crippen LogP contribution < -0.4 is 15.8 Å². The van der Waals surface area contributed by atoms with E-state index >= 15 is 0 Å². The highest BCUT2D eigenvalue weighted by molar-refractivity contribution is 5.72. The number of nitrogens with one attached hydrogen (secondary N) is 1. The maximum absolute atomic E-state index is 12.7. The summed E-state index contributed by atoms with van der Waals surface area (Å²) in [6.07, 6.45) is -18.1. The van der Waals surface area contributed by atoms with Crippen LogP contribution in [-0.4, -0.2) is 34.5 Å². The average Bonchev–Trinajstić information content (AvgIpc) is 2.43. The molecule has 0 saturated carbocycles. The molecule has 1 aromatic heterocycles. The Labute approximate surface area is 144 Å². The number of halogens is 9. The largest absolute Gasteiger partial charge is 0.434 e. The van der Waals surface area contributed by atoms with E-state index in [0.717, 1.165) is 0 Å². The number of nitrogen functional groups attached to an aromatic ring is 1. The van der Waals surface area contributed by atoms with Gasteiger partial charge in [-0.2, -0.15) is 39.5 Å². The molecule has 0 spiro atoms. The molecule has 0 aliphatic heterocycles. The van der Waals surface area contributed by atoms with Gasteiger partial charge in [-0.3, -0.25) is 0 Å². The number of carbonyl (C=O) groups excluding carboxylic acids is 1. The molecule has 1 heterocycles. The van der Waals surface area contributed by atoms with E-state index in [1.807, 2.05) is 0 Å². The molecule has 6 nitrogen and oxygen atoms in total. The quantitative estimate of drug-likeness (QED) is 0.660. The van der Waals surface area contributed by atoms with E-state index in [0.29, 0.717) is 0 Å². The number of amides is 1. The fourth-order valence-corrected chi connectivity index (χ4v) is 1.49. The normalized spacial score (nSPS) is 15.2. The van der Waals surface area contributed by atoms with Gasteiger partial charge in [0.2, 0.25) is 5.88 Å². The van der Waals surface area contributed by atoms with Gasteiger partial charge < -0.3 is 20.9 Å². The van der Waals surface area contributed by atoms with Gasteiger partial charge in [-0.05, 0) is 13.0 Å². The first-order valence-corrected chi connectivity index (χ1v) is 6.56. The molecule has 1 rings (SSSR count). The summed E-state index contributed by atoms with van der Waals surface area (Å²) >= 11 is 0. The molecule has 0 aliphatic rings. The molecule has 0 aliphatic carbocycles. The van der Waals surface area contributed by atoms with E-state index in [4.69, 9.17) is 10.8 Å². The van der Waals surface area contributed by atoms with Crippen molar-refractivity contribution in [1.82, 2.24) is 10.3 Å². The van der Waals surface area contributed by atoms with Crippen LogP contribution in [0.1, 0.15) is 18.2 Å². The van der Waals surface area contributed by atoms with E-state index in [9.17, 15) is 44.3 Å². The molecule has 27 heavy (non-hydrogen) atoms. The molecule has 0 unspecified atom stereocenters. The minimum absolute atomic E-state index is 0.190. The SMILES string of the molecule is C[C@](O)(CNC(=O)Oc1nc(C(F)(F)F)c(C(F)(F)F)cc1N)C(F)(F)F. The number of pyridine rings is 1. The summed E-state index contributed by atoms with van der Waals surface area (Å²) in [5, 5.41) is 10.5. The standard InChI is InChI=1S/C12H10F9N3O3/c1-9(26,12(19,20)21)3-23-8(25)27-7-5(22)2-4(10(13,14)15)6(24-7)11(16,17)18/h2,26H,3,22H2,1H3,(H,23,25)/t9-/m0/s1. The number of ether oxygens (including phenoxy) is 1. The number of alkyl halides is 9. The zero-order valence-electron chi connectivity index (χ0n) is 13.0. The van der Waals surface area contributed by atoms with E-state index < -0.39 is 59.6 Å². The van der Waals surface area contributed by atoms with Crippen LogP contribution >= 0.6 is 0 Å². The summed E-state index contributed by atoms with van der Waals surface area (Å²) in [6, 6.07) is -0.190. The van der Waals surface area contributed by atoms with Gasteiger partial charge in [0.25, 0.3) is 0 Å². The average molecular weight is 415 g/mol. The van der Waals surface area contributed by atoms with Crippen LogP contribution in [0, 0.1) is 0 Å². The van der Waals surface area contributed by atoms with Crippen molar-refractivity contribution in [2.75, 3.05) is 12.3 Å². The van der Waals surface area contributed by atoms with E-state index in [1.54, 1.807) is 0 Å². The minimum atomic E-state index is -5.60. The Kier molecular flexibility index (Phi) is 5.80. The maximum atomic E-state index is 12.7. The number of aliphatic hydroxyl groups is 1. The van der Waals surface area contributed by atoms with Crippen molar-refractivity contribution in [2.24, 2.45) is 0 Å². The van der Waals surface area contributed by atoms with Crippen LogP contribution in [0.3, 0.4) is 0 Å². The summed E-state index contributed by atoms with van der Waals surface area (Å²) in [5.74, 6) is -1.42. The van der Waals surface area contributed by atoms with E-state index in [1.165, 1.54) is 5.32 Å². The number of aromatic nitrogens is 1. The monoisotopic (exact) mass is 415 g/mol. The second-order valence-electron chi connectivity index (χ2n) is 5.29. The van der Waals surface area contributed by atoms with Crippen LogP contribution in [0.5, 0.6) is 5.88 Å². The van der Waals surface area contributed by atoms with Gasteiger partial charge in [-0.25, -0.2) is 9.78 Å². The highest BCUT2D eigenvalue weighted by atomic mass is 19.4. The molecular formula is C12H10F9N3O3. The summed E-state index contributed by atoms with van der Waals surface area (Å²) in [5.41, 5.74) is -4.19. The molecular weight excluding hydrogens is 405 g/mol. The summed E-state index contributed by atoms with van der Waals surface area (Å²) in [7, 11) is 0. The van der Waals surface area contributed by atoms with Crippen molar-refractivity contribution in [1.29, 1.82) is 0 Å². The molecule has 0 bridgehead atoms. The Hall–Kier alpha value is -2.45. The number of anilines is 1. The minimum Gasteiger partial charge on any atom is -0.394 e. The van der Waals surface area contributed by atoms with E-state index in [-0.39, 0.29) is 13.0 Å². The third-order valence-corrected chi connectivity index (χ3v) is 2.97. The van der Waals surface area contributed by atoms with Crippen LogP contribution in [0.25, 0.3) is 0 Å². The lowest BCUT2D eigenvalue weighted by atomic mass is 10.1. The molecule has 15 heteroatoms. The Morgan fingerprint density at radius 3 is 2.07 bits per heavy atom. The number of nitrogens with two attached hydrogens (primary N) is 1. The molecule has 1 atom stereocenters. The molecule has 154 valence electrons. The summed E-state index contributed by atoms with van der Waals surface area (Å²) in [4.78, 5) is 13.9. The molecule has 1 amide bonds. The fourth-order valence-electron chi connectivity index (χ4n) is 1.49. The van der Waals surface area contributed by atoms with Gasteiger partial charge in [0.05, 0.1) is 17.8 Å². The Bertz CT molecular complexity index is 711. The van der Waals surface area contributed by atoms with Crippen LogP contribution in [-0.2, 0) is 12.4 Å². The van der Waals surface area contributed by atoms with Gasteiger partial charge in [-0.15, -0.1) is 0 Å². The summed E-state index contributed by atoms with van der Waals surface area (Å²) in [6.45, 7) is -1.19. The molecule has 0 radical (unpaired) electrons. The van der Waals surface area contributed by atoms with Crippen molar-refractivity contribution in [3.63, 3.8) is 0 Å². The highest BCUT2D eigenvalue weighted by Gasteiger charge is 2.50. The van der Waals surface area contributed by atoms with Crippen LogP contribution in [0.15, 0.2) is 6.07 Å². The van der Waals surface area contributed by atoms with Crippen molar-refractivity contribution >= 4 is 11.8 Å². The molecule has 0 saturated heterocycles. The Morgan fingerprint density at radius 1 is 1.15 bits per heavy atom. The number of hydrogen-bond acceptors (Lipinski definition) is 5. The lowest BCUT2D eigenvalue weighted by molar-refractivity contribution is -0.249. The maximum Gasteiger partial charge on any atom is 0.434 e. The van der Waals surface area contributed by atoms with Gasteiger partial charge in [0.15, 0.2) is 11.3 Å². The summed E-state index contributed by atoms with van der Waals surface area (Å²) < 4.78 is 118. The molecule has 1 aromatic rings. The van der Waals surface area contributed by atoms with Crippen molar-refractivity contribution in [2.45, 2.75) is 31.1 Å². The second kappa shape index (κ2) is 6.94. The van der Waals surface area contributed by atoms with Crippen molar-refractivity contribution < 1.29 is 54.2 Å². The zero-order chi connectivity index (χ0) is 21.4. The van der Waals surface area contributed by atoms with Crippen LogP contribution in [0.4, 0.5) is 50.0 Å². The second-order valence-corrected chi connectivity index (χ2v) is 5.29. The Balaban J connectivity index is 3.10. The Morgan fingerprint density at radius 2 is 1.67 bits per heavy atom. The van der Waals surface area contributed by atoms with Gasteiger partial charge in [-0.1, -0.05) is 0 Å². The first-order chi connectivity index (χ1) is 11.9. The van der Waals surface area contributed by atoms with Crippen molar-refractivity contribution in [3.05, 3.63) is 17.3 Å². The lowest BCUT2D eigenvalue weighted by Gasteiger charge is -2.26. The third kappa shape index (κ3) is 5.51. The molecule has 4 N–H and O–H groups in total. The molecule has 0 fully saturated rings. The smallest absolute Gasteiger partial charge is 0.394 e. The molecule has 0 aromatic carbocycles. The zero-order valence-corrected chi connectivity index (χ0v) is 13.0. The topological polar surface area (TPSA) is 97.5 Å². The van der Waals surface area contributed by atoms with Gasteiger partial charge in [0.1, 0.15) is 0 Å². The number of carbonyl (C=O) groups is 1. The van der Waals surface area contributed by atoms with Crippen LogP contribution in [0.2, 0.25) is 0 Å². The first-order valence-electron chi connectivity index (χ1n) is 6.56. The predicted molar refractivity (Wildman–Crippen MR) is 69.4 cm³/mol.